The lowest BCUT2D eigenvalue weighted by Gasteiger charge is -2.38. The summed E-state index contributed by atoms with van der Waals surface area (Å²) in [6, 6.07) is 32.8. The van der Waals surface area contributed by atoms with Crippen molar-refractivity contribution >= 4 is 35.2 Å². The van der Waals surface area contributed by atoms with Crippen LogP contribution in [0.5, 0.6) is 0 Å². The van der Waals surface area contributed by atoms with Crippen molar-refractivity contribution in [3.8, 4) is 0 Å². The number of benzene rings is 3. The molecule has 212 valence electrons. The van der Waals surface area contributed by atoms with E-state index in [1.807, 2.05) is 18.2 Å². The molecule has 3 aromatic carbocycles. The Kier molecular flexibility index (Phi) is 10.1. The molecule has 2 fully saturated rings. The Morgan fingerprint density at radius 1 is 0.512 bits per heavy atom. The van der Waals surface area contributed by atoms with E-state index in [0.29, 0.717) is 23.9 Å². The van der Waals surface area contributed by atoms with E-state index in [-0.39, 0.29) is 12.4 Å². The normalized spacial score (nSPS) is 23.8. The first-order valence-electron chi connectivity index (χ1n) is 15.2. The van der Waals surface area contributed by atoms with E-state index in [0.717, 1.165) is 11.4 Å². The lowest BCUT2D eigenvalue weighted by atomic mass is 9.70. The molecular weight excluding hydrogens is 522 g/mol. The van der Waals surface area contributed by atoms with Gasteiger partial charge in [-0.1, -0.05) is 72.3 Å². The van der Waals surface area contributed by atoms with E-state index in [1.165, 1.54) is 68.3 Å². The van der Waals surface area contributed by atoms with Crippen molar-refractivity contribution in [1.82, 2.24) is 0 Å². The quantitative estimate of drug-likeness (QED) is 0.300. The molecule has 41 heavy (non-hydrogen) atoms. The standard InChI is InChI=1S/C37H41N3.ClH/c1-4-10-31(11-5-1)38-34-22-16-28(17-23-34)37(29-18-24-35(25-19-29)39-32-12-6-2-7-13-32)30-20-26-36(27-21-30)40-33-14-8-3-9-15-33;/h1-17,22-23,29-30,35-36,39-40H,18-21,24-27H2;1H. The van der Waals surface area contributed by atoms with E-state index < -0.39 is 0 Å². The molecule has 0 aliphatic heterocycles. The van der Waals surface area contributed by atoms with Crippen molar-refractivity contribution in [2.24, 2.45) is 16.8 Å². The molecule has 6 rings (SSSR count). The third kappa shape index (κ3) is 7.80. The first-order valence-corrected chi connectivity index (χ1v) is 15.2. The SMILES string of the molecule is C1=CC(=C(C2CCC(Nc3ccccc3)CC2)C2CCC(Nc3ccccc3)CC2)C=CC1=Nc1ccccc1.Cl. The molecule has 0 bridgehead atoms. The van der Waals surface area contributed by atoms with Gasteiger partial charge < -0.3 is 10.6 Å². The minimum atomic E-state index is 0. The number of aliphatic imine (C=N–C) groups is 1. The monoisotopic (exact) mass is 563 g/mol. The van der Waals surface area contributed by atoms with Crippen LogP contribution in [0.2, 0.25) is 0 Å². The smallest absolute Gasteiger partial charge is 0.0637 e. The maximum atomic E-state index is 4.84. The Labute approximate surface area is 252 Å². The molecule has 3 aliphatic carbocycles. The van der Waals surface area contributed by atoms with Gasteiger partial charge in [-0.05, 0) is 117 Å². The summed E-state index contributed by atoms with van der Waals surface area (Å²) in [7, 11) is 0. The predicted molar refractivity (Wildman–Crippen MR) is 178 cm³/mol. The maximum absolute atomic E-state index is 4.84. The van der Waals surface area contributed by atoms with Crippen LogP contribution in [0.3, 0.4) is 0 Å². The predicted octanol–water partition coefficient (Wildman–Crippen LogP) is 9.95. The number of para-hydroxylation sites is 3. The molecule has 3 nitrogen and oxygen atoms in total. The molecule has 2 N–H and O–H groups in total. The van der Waals surface area contributed by atoms with Crippen LogP contribution in [0.25, 0.3) is 0 Å². The molecule has 0 saturated heterocycles. The number of halogens is 1. The Morgan fingerprint density at radius 3 is 1.37 bits per heavy atom. The van der Waals surface area contributed by atoms with Crippen molar-refractivity contribution in [2.75, 3.05) is 10.6 Å². The molecule has 0 atom stereocenters. The van der Waals surface area contributed by atoms with Gasteiger partial charge in [-0.2, -0.15) is 0 Å². The molecule has 0 aromatic heterocycles. The highest BCUT2D eigenvalue weighted by atomic mass is 35.5. The number of rotatable bonds is 7. The van der Waals surface area contributed by atoms with Gasteiger partial charge in [0, 0.05) is 23.5 Å². The van der Waals surface area contributed by atoms with E-state index in [2.05, 4.69) is 108 Å². The number of nitrogens with zero attached hydrogens (tertiary/aromatic N) is 1. The van der Waals surface area contributed by atoms with E-state index in [9.17, 15) is 0 Å². The highest BCUT2D eigenvalue weighted by Gasteiger charge is 2.32. The van der Waals surface area contributed by atoms with E-state index in [1.54, 1.807) is 5.57 Å². The van der Waals surface area contributed by atoms with Crippen molar-refractivity contribution in [2.45, 2.75) is 63.5 Å². The van der Waals surface area contributed by atoms with E-state index in [4.69, 9.17) is 4.99 Å². The summed E-state index contributed by atoms with van der Waals surface area (Å²) in [5.41, 5.74) is 7.68. The highest BCUT2D eigenvalue weighted by molar-refractivity contribution is 6.07. The number of allylic oxidation sites excluding steroid dienone is 6. The average molecular weight is 564 g/mol. The minimum absolute atomic E-state index is 0. The average Bonchev–Trinajstić information content (AvgIpc) is 3.01. The maximum Gasteiger partial charge on any atom is 0.0637 e. The Hall–Kier alpha value is -3.56. The summed E-state index contributed by atoms with van der Waals surface area (Å²) in [4.78, 5) is 4.84. The molecule has 4 heteroatoms. The number of hydrogen-bond acceptors (Lipinski definition) is 3. The van der Waals surface area contributed by atoms with Gasteiger partial charge in [0.1, 0.15) is 0 Å². The summed E-state index contributed by atoms with van der Waals surface area (Å²) >= 11 is 0. The molecule has 0 amide bonds. The van der Waals surface area contributed by atoms with Crippen LogP contribution in [0.15, 0.2) is 131 Å². The largest absolute Gasteiger partial charge is 0.382 e. The van der Waals surface area contributed by atoms with Crippen LogP contribution in [0, 0.1) is 11.8 Å². The van der Waals surface area contributed by atoms with Gasteiger partial charge in [0.25, 0.3) is 0 Å². The number of anilines is 2. The summed E-state index contributed by atoms with van der Waals surface area (Å²) in [5.74, 6) is 1.32. The van der Waals surface area contributed by atoms with Crippen LogP contribution in [0.1, 0.15) is 51.4 Å². The summed E-state index contributed by atoms with van der Waals surface area (Å²) in [6.45, 7) is 0. The second-order valence-electron chi connectivity index (χ2n) is 11.6. The van der Waals surface area contributed by atoms with Gasteiger partial charge in [-0.15, -0.1) is 12.4 Å². The van der Waals surface area contributed by atoms with Gasteiger partial charge in [-0.25, -0.2) is 4.99 Å². The zero-order chi connectivity index (χ0) is 27.0. The number of nitrogens with one attached hydrogen (secondary N) is 2. The van der Waals surface area contributed by atoms with Crippen LogP contribution in [0.4, 0.5) is 17.1 Å². The first-order chi connectivity index (χ1) is 19.8. The number of hydrogen-bond donors (Lipinski definition) is 2. The fourth-order valence-electron chi connectivity index (χ4n) is 6.82. The summed E-state index contributed by atoms with van der Waals surface area (Å²) in [5, 5.41) is 7.58. The fraction of sp³-hybridized carbons (Fsp3) is 0.324. The first kappa shape index (κ1) is 29.0. The lowest BCUT2D eigenvalue weighted by molar-refractivity contribution is 0.306. The minimum Gasteiger partial charge on any atom is -0.382 e. The third-order valence-electron chi connectivity index (χ3n) is 8.84. The second kappa shape index (κ2) is 14.4. The van der Waals surface area contributed by atoms with Crippen molar-refractivity contribution < 1.29 is 0 Å². The third-order valence-corrected chi connectivity index (χ3v) is 8.84. The molecular formula is C37H42ClN3. The van der Waals surface area contributed by atoms with Crippen molar-refractivity contribution in [3.63, 3.8) is 0 Å². The topological polar surface area (TPSA) is 36.4 Å². The van der Waals surface area contributed by atoms with Crippen LogP contribution >= 0.6 is 12.4 Å². The van der Waals surface area contributed by atoms with Gasteiger partial charge in [0.15, 0.2) is 0 Å². The Balaban J connectivity index is 0.00000337. The van der Waals surface area contributed by atoms with Crippen LogP contribution in [-0.2, 0) is 0 Å². The van der Waals surface area contributed by atoms with Gasteiger partial charge in [-0.3, -0.25) is 0 Å². The fourth-order valence-corrected chi connectivity index (χ4v) is 6.82. The molecule has 2 saturated carbocycles. The van der Waals surface area contributed by atoms with Gasteiger partial charge in [0.2, 0.25) is 0 Å². The van der Waals surface area contributed by atoms with Gasteiger partial charge in [0.05, 0.1) is 11.4 Å². The van der Waals surface area contributed by atoms with Crippen LogP contribution in [-0.4, -0.2) is 17.8 Å². The zero-order valence-electron chi connectivity index (χ0n) is 23.8. The summed E-state index contributed by atoms with van der Waals surface area (Å²) in [6.07, 6.45) is 19.1. The van der Waals surface area contributed by atoms with Crippen molar-refractivity contribution in [1.29, 1.82) is 0 Å². The molecule has 0 unspecified atom stereocenters. The summed E-state index contributed by atoms with van der Waals surface area (Å²) < 4.78 is 0. The van der Waals surface area contributed by atoms with Crippen LogP contribution < -0.4 is 10.6 Å². The Morgan fingerprint density at radius 2 is 0.927 bits per heavy atom. The van der Waals surface area contributed by atoms with E-state index >= 15 is 0 Å². The molecule has 0 spiro atoms. The Bertz CT molecular complexity index is 1260. The molecule has 0 radical (unpaired) electrons. The zero-order valence-corrected chi connectivity index (χ0v) is 24.6. The lowest BCUT2D eigenvalue weighted by Crippen LogP contribution is -2.31. The van der Waals surface area contributed by atoms with Crippen molar-refractivity contribution in [3.05, 3.63) is 126 Å². The molecule has 0 heterocycles. The molecule has 3 aromatic rings. The molecule has 3 aliphatic rings. The highest BCUT2D eigenvalue weighted by Crippen LogP contribution is 2.43. The van der Waals surface area contributed by atoms with Gasteiger partial charge >= 0.3 is 0 Å². The second-order valence-corrected chi connectivity index (χ2v) is 11.6.